The Bertz CT molecular complexity index is 816. The minimum absolute atomic E-state index is 0.181. The smallest absolute Gasteiger partial charge is 0.256 e. The Morgan fingerprint density at radius 1 is 0.957 bits per heavy atom. The number of nitrogens with zero attached hydrogens (tertiary/aromatic N) is 1. The van der Waals surface area contributed by atoms with Gasteiger partial charge in [-0.2, -0.15) is 0 Å². The molecule has 0 spiro atoms. The van der Waals surface area contributed by atoms with Gasteiger partial charge in [0.25, 0.3) is 5.91 Å². The van der Waals surface area contributed by atoms with E-state index in [2.05, 4.69) is 10.3 Å². The van der Waals surface area contributed by atoms with Gasteiger partial charge in [0.15, 0.2) is 0 Å². The Hall–Kier alpha value is -3.14. The van der Waals surface area contributed by atoms with Crippen molar-refractivity contribution in [3.05, 3.63) is 78.6 Å². The number of methoxy groups -OCH3 is 1. The quantitative estimate of drug-likeness (QED) is 0.792. The number of para-hydroxylation sites is 1. The Labute approximate surface area is 134 Å². The number of amides is 1. The lowest BCUT2D eigenvalue weighted by Crippen LogP contribution is -2.13. The van der Waals surface area contributed by atoms with Crippen LogP contribution in [-0.4, -0.2) is 18.0 Å². The van der Waals surface area contributed by atoms with Crippen molar-refractivity contribution in [1.82, 2.24) is 4.98 Å². The third-order valence-corrected chi connectivity index (χ3v) is 3.49. The van der Waals surface area contributed by atoms with Crippen LogP contribution in [0.5, 0.6) is 5.75 Å². The molecule has 0 aliphatic carbocycles. The summed E-state index contributed by atoms with van der Waals surface area (Å²) in [6.45, 7) is 0. The topological polar surface area (TPSA) is 51.2 Å². The molecule has 0 saturated heterocycles. The third-order valence-electron chi connectivity index (χ3n) is 3.49. The fourth-order valence-electron chi connectivity index (χ4n) is 2.42. The number of anilines is 1. The van der Waals surface area contributed by atoms with Crippen LogP contribution in [0.15, 0.2) is 73.1 Å². The molecule has 1 heterocycles. The number of hydrogen-bond acceptors (Lipinski definition) is 3. The van der Waals surface area contributed by atoms with Crippen LogP contribution in [0.25, 0.3) is 11.1 Å². The number of hydrogen-bond donors (Lipinski definition) is 1. The van der Waals surface area contributed by atoms with Crippen LogP contribution in [0.4, 0.5) is 5.69 Å². The molecule has 1 aromatic heterocycles. The van der Waals surface area contributed by atoms with Gasteiger partial charge in [-0.15, -0.1) is 0 Å². The van der Waals surface area contributed by atoms with Gasteiger partial charge in [0, 0.05) is 17.3 Å². The summed E-state index contributed by atoms with van der Waals surface area (Å²) in [6.07, 6.45) is 3.28. The highest BCUT2D eigenvalue weighted by molar-refractivity contribution is 6.09. The Balaban J connectivity index is 1.99. The maximum atomic E-state index is 12.6. The summed E-state index contributed by atoms with van der Waals surface area (Å²) in [6, 6.07) is 18.7. The molecule has 0 radical (unpaired) electrons. The molecule has 3 rings (SSSR count). The molecule has 0 fully saturated rings. The lowest BCUT2D eigenvalue weighted by Gasteiger charge is -2.13. The van der Waals surface area contributed by atoms with Gasteiger partial charge >= 0.3 is 0 Å². The van der Waals surface area contributed by atoms with Gasteiger partial charge in [0.05, 0.1) is 19.0 Å². The van der Waals surface area contributed by atoms with Gasteiger partial charge < -0.3 is 10.1 Å². The van der Waals surface area contributed by atoms with Gasteiger partial charge in [0.2, 0.25) is 0 Å². The molecule has 0 saturated carbocycles. The zero-order valence-electron chi connectivity index (χ0n) is 12.7. The third kappa shape index (κ3) is 3.21. The SMILES string of the molecule is COc1ccccc1-c1ccccc1C(=O)Nc1cccnc1. The summed E-state index contributed by atoms with van der Waals surface area (Å²) >= 11 is 0. The second kappa shape index (κ2) is 6.75. The average Bonchev–Trinajstić information content (AvgIpc) is 2.62. The second-order valence-corrected chi connectivity index (χ2v) is 4.94. The number of rotatable bonds is 4. The summed E-state index contributed by atoms with van der Waals surface area (Å²) in [5.41, 5.74) is 2.95. The van der Waals surface area contributed by atoms with Crippen molar-refractivity contribution in [3.63, 3.8) is 0 Å². The predicted octanol–water partition coefficient (Wildman–Crippen LogP) is 4.01. The molecule has 0 atom stereocenters. The highest BCUT2D eigenvalue weighted by Crippen LogP contribution is 2.32. The molecule has 0 unspecified atom stereocenters. The number of aromatic nitrogens is 1. The normalized spacial score (nSPS) is 10.1. The Morgan fingerprint density at radius 2 is 1.70 bits per heavy atom. The molecule has 0 aliphatic heterocycles. The molecule has 23 heavy (non-hydrogen) atoms. The number of carbonyl (C=O) groups is 1. The molecule has 2 aromatic carbocycles. The molecule has 3 aromatic rings. The minimum atomic E-state index is -0.181. The van der Waals surface area contributed by atoms with Crippen LogP contribution in [0.3, 0.4) is 0 Å². The van der Waals surface area contributed by atoms with Crippen LogP contribution in [0.1, 0.15) is 10.4 Å². The van der Waals surface area contributed by atoms with Crippen molar-refractivity contribution in [2.24, 2.45) is 0 Å². The van der Waals surface area contributed by atoms with Gasteiger partial charge in [-0.1, -0.05) is 36.4 Å². The first kappa shape index (κ1) is 14.8. The van der Waals surface area contributed by atoms with Crippen molar-refractivity contribution >= 4 is 11.6 Å². The van der Waals surface area contributed by atoms with Gasteiger partial charge in [-0.05, 0) is 29.8 Å². The molecular formula is C19H16N2O2. The highest BCUT2D eigenvalue weighted by atomic mass is 16.5. The lowest BCUT2D eigenvalue weighted by atomic mass is 9.98. The summed E-state index contributed by atoms with van der Waals surface area (Å²) < 4.78 is 5.41. The summed E-state index contributed by atoms with van der Waals surface area (Å²) in [7, 11) is 1.62. The summed E-state index contributed by atoms with van der Waals surface area (Å²) in [4.78, 5) is 16.6. The molecule has 1 amide bonds. The fourth-order valence-corrected chi connectivity index (χ4v) is 2.42. The minimum Gasteiger partial charge on any atom is -0.496 e. The number of nitrogens with one attached hydrogen (secondary N) is 1. The van der Waals surface area contributed by atoms with E-state index < -0.39 is 0 Å². The zero-order valence-corrected chi connectivity index (χ0v) is 12.7. The van der Waals surface area contributed by atoms with Crippen molar-refractivity contribution in [1.29, 1.82) is 0 Å². The van der Waals surface area contributed by atoms with E-state index in [1.165, 1.54) is 0 Å². The van der Waals surface area contributed by atoms with Crippen LogP contribution < -0.4 is 10.1 Å². The highest BCUT2D eigenvalue weighted by Gasteiger charge is 2.15. The largest absolute Gasteiger partial charge is 0.496 e. The first-order valence-corrected chi connectivity index (χ1v) is 7.23. The second-order valence-electron chi connectivity index (χ2n) is 4.94. The van der Waals surface area contributed by atoms with E-state index in [1.54, 1.807) is 37.7 Å². The predicted molar refractivity (Wildman–Crippen MR) is 90.6 cm³/mol. The first-order chi connectivity index (χ1) is 11.3. The number of carbonyl (C=O) groups excluding carboxylic acids is 1. The van der Waals surface area contributed by atoms with E-state index >= 15 is 0 Å². The van der Waals surface area contributed by atoms with E-state index in [9.17, 15) is 4.79 Å². The maximum Gasteiger partial charge on any atom is 0.256 e. The standard InChI is InChI=1S/C19H16N2O2/c1-23-18-11-5-4-9-16(18)15-8-2-3-10-17(15)19(22)21-14-7-6-12-20-13-14/h2-13H,1H3,(H,21,22). The number of pyridine rings is 1. The molecule has 0 aliphatic rings. The van der Waals surface area contributed by atoms with Crippen molar-refractivity contribution in [2.75, 3.05) is 12.4 Å². The Morgan fingerprint density at radius 3 is 2.43 bits per heavy atom. The van der Waals surface area contributed by atoms with E-state index in [-0.39, 0.29) is 5.91 Å². The van der Waals surface area contributed by atoms with Gasteiger partial charge in [-0.25, -0.2) is 0 Å². The number of benzene rings is 2. The molecule has 0 bridgehead atoms. The van der Waals surface area contributed by atoms with Crippen LogP contribution in [0.2, 0.25) is 0 Å². The van der Waals surface area contributed by atoms with E-state index in [0.717, 1.165) is 16.9 Å². The monoisotopic (exact) mass is 304 g/mol. The average molecular weight is 304 g/mol. The van der Waals surface area contributed by atoms with E-state index in [4.69, 9.17) is 4.74 Å². The fraction of sp³-hybridized carbons (Fsp3) is 0.0526. The molecule has 1 N–H and O–H groups in total. The van der Waals surface area contributed by atoms with Crippen LogP contribution >= 0.6 is 0 Å². The maximum absolute atomic E-state index is 12.6. The van der Waals surface area contributed by atoms with Crippen molar-refractivity contribution in [3.8, 4) is 16.9 Å². The number of ether oxygens (including phenoxy) is 1. The van der Waals surface area contributed by atoms with Crippen molar-refractivity contribution < 1.29 is 9.53 Å². The molecule has 4 nitrogen and oxygen atoms in total. The van der Waals surface area contributed by atoms with E-state index in [1.807, 2.05) is 42.5 Å². The van der Waals surface area contributed by atoms with Crippen LogP contribution in [-0.2, 0) is 0 Å². The molecule has 114 valence electrons. The van der Waals surface area contributed by atoms with Crippen molar-refractivity contribution in [2.45, 2.75) is 0 Å². The lowest BCUT2D eigenvalue weighted by molar-refractivity contribution is 0.102. The van der Waals surface area contributed by atoms with E-state index in [0.29, 0.717) is 11.3 Å². The summed E-state index contributed by atoms with van der Waals surface area (Å²) in [5.74, 6) is 0.550. The van der Waals surface area contributed by atoms with Gasteiger partial charge in [0.1, 0.15) is 5.75 Å². The first-order valence-electron chi connectivity index (χ1n) is 7.23. The van der Waals surface area contributed by atoms with Crippen LogP contribution in [0, 0.1) is 0 Å². The van der Waals surface area contributed by atoms with Gasteiger partial charge in [-0.3, -0.25) is 9.78 Å². The zero-order chi connectivity index (χ0) is 16.1. The Kier molecular flexibility index (Phi) is 4.34. The molecule has 4 heteroatoms. The molecular weight excluding hydrogens is 288 g/mol. The summed E-state index contributed by atoms with van der Waals surface area (Å²) in [5, 5.41) is 2.86.